The first kappa shape index (κ1) is 15.9. The summed E-state index contributed by atoms with van der Waals surface area (Å²) >= 11 is 0. The fraction of sp³-hybridized carbons (Fsp3) is 0.167. The normalized spacial score (nSPS) is 18.0. The Morgan fingerprint density at radius 3 is 2.43 bits per heavy atom. The number of rotatable bonds is 2. The number of phenols is 1. The van der Waals surface area contributed by atoms with Crippen LogP contribution in [0.3, 0.4) is 0 Å². The van der Waals surface area contributed by atoms with Gasteiger partial charge in [0, 0.05) is 5.57 Å². The third-order valence-electron chi connectivity index (χ3n) is 3.36. The summed E-state index contributed by atoms with van der Waals surface area (Å²) in [5, 5.41) is 18.3. The molecule has 5 nitrogen and oxygen atoms in total. The lowest BCUT2D eigenvalue weighted by Crippen LogP contribution is -2.20. The first-order valence-electron chi connectivity index (χ1n) is 6.73. The lowest BCUT2D eigenvalue weighted by Gasteiger charge is -2.22. The molecule has 1 aliphatic rings. The average Bonchev–Trinajstić information content (AvgIpc) is 2.78. The fourth-order valence-corrected chi connectivity index (χ4v) is 2.21. The summed E-state index contributed by atoms with van der Waals surface area (Å²) in [7, 11) is 0. The van der Waals surface area contributed by atoms with Crippen LogP contribution in [0.2, 0.25) is 0 Å². The third-order valence-corrected chi connectivity index (χ3v) is 3.36. The fourth-order valence-electron chi connectivity index (χ4n) is 2.21. The second-order valence-electron chi connectivity index (χ2n) is 5.31. The Labute approximate surface area is 134 Å². The maximum absolute atomic E-state index is 9.29. The molecular weight excluding hydrogens is 290 g/mol. The Bertz CT molecular complexity index is 836. The number of hydrogen-bond donors (Lipinski definition) is 1. The van der Waals surface area contributed by atoms with Gasteiger partial charge in [-0.15, -0.1) is 0 Å². The first-order chi connectivity index (χ1) is 10.9. The van der Waals surface area contributed by atoms with E-state index in [1.54, 1.807) is 56.3 Å². The van der Waals surface area contributed by atoms with Gasteiger partial charge in [0.25, 0.3) is 5.70 Å². The van der Waals surface area contributed by atoms with Gasteiger partial charge in [-0.3, -0.25) is 0 Å². The zero-order valence-electron chi connectivity index (χ0n) is 12.7. The molecule has 0 amide bonds. The van der Waals surface area contributed by atoms with E-state index in [4.69, 9.17) is 23.1 Å². The van der Waals surface area contributed by atoms with Crippen molar-refractivity contribution in [3.05, 3.63) is 81.5 Å². The molecule has 1 aliphatic heterocycles. The van der Waals surface area contributed by atoms with Gasteiger partial charge in [-0.2, -0.15) is 0 Å². The van der Waals surface area contributed by atoms with Gasteiger partial charge in [-0.1, -0.05) is 24.3 Å². The number of ether oxygens (including phenoxy) is 1. The van der Waals surface area contributed by atoms with Crippen LogP contribution in [-0.4, -0.2) is 10.7 Å². The van der Waals surface area contributed by atoms with E-state index >= 15 is 0 Å². The lowest BCUT2D eigenvalue weighted by molar-refractivity contribution is 0.0952. The van der Waals surface area contributed by atoms with Crippen LogP contribution in [-0.2, 0) is 4.74 Å². The van der Waals surface area contributed by atoms with Crippen LogP contribution >= 0.6 is 0 Å². The lowest BCUT2D eigenvalue weighted by atomic mass is 9.97. The molecule has 0 saturated heterocycles. The number of phenolic OH excluding ortho intramolecular Hbond substituents is 1. The van der Waals surface area contributed by atoms with Crippen LogP contribution in [0.15, 0.2) is 53.1 Å². The Hall–Kier alpha value is -3.49. The highest BCUT2D eigenvalue weighted by molar-refractivity contribution is 5.61. The maximum Gasteiger partial charge on any atom is 0.292 e. The third kappa shape index (κ3) is 3.07. The summed E-state index contributed by atoms with van der Waals surface area (Å²) in [6, 6.07) is 8.38. The molecule has 0 aliphatic carbocycles. The molecular formula is C18H13N3O2. The van der Waals surface area contributed by atoms with Gasteiger partial charge in [0.15, 0.2) is 0 Å². The predicted octanol–water partition coefficient (Wildman–Crippen LogP) is 4.04. The molecule has 5 heteroatoms. The van der Waals surface area contributed by atoms with Crippen LogP contribution in [0, 0.1) is 24.5 Å². The number of hydrogen-bond acceptors (Lipinski definition) is 3. The zero-order chi connectivity index (χ0) is 17.0. The topological polar surface area (TPSA) is 62.0 Å². The van der Waals surface area contributed by atoms with Crippen LogP contribution in [0.1, 0.15) is 19.4 Å². The van der Waals surface area contributed by atoms with E-state index < -0.39 is 5.60 Å². The number of benzene rings is 1. The Morgan fingerprint density at radius 2 is 1.91 bits per heavy atom. The summed E-state index contributed by atoms with van der Waals surface area (Å²) < 4.78 is 5.68. The summed E-state index contributed by atoms with van der Waals surface area (Å²) in [4.78, 5) is 6.58. The molecule has 1 aromatic carbocycles. The quantitative estimate of drug-likeness (QED) is 0.662. The van der Waals surface area contributed by atoms with Gasteiger partial charge in [0.1, 0.15) is 17.1 Å². The Morgan fingerprint density at radius 1 is 1.26 bits per heavy atom. The van der Waals surface area contributed by atoms with Crippen molar-refractivity contribution < 1.29 is 9.84 Å². The van der Waals surface area contributed by atoms with Gasteiger partial charge in [0.2, 0.25) is 5.70 Å². The van der Waals surface area contributed by atoms with Gasteiger partial charge in [-0.05, 0) is 31.5 Å². The molecule has 0 aromatic heterocycles. The molecule has 1 heterocycles. The van der Waals surface area contributed by atoms with Crippen molar-refractivity contribution >= 4 is 6.08 Å². The van der Waals surface area contributed by atoms with E-state index in [1.165, 1.54) is 0 Å². The highest BCUT2D eigenvalue weighted by Gasteiger charge is 2.38. The molecule has 0 atom stereocenters. The minimum Gasteiger partial charge on any atom is -0.508 e. The van der Waals surface area contributed by atoms with Crippen molar-refractivity contribution in [2.24, 2.45) is 0 Å². The van der Waals surface area contributed by atoms with Crippen molar-refractivity contribution in [3.8, 4) is 11.8 Å². The molecule has 0 radical (unpaired) electrons. The van der Waals surface area contributed by atoms with Gasteiger partial charge in [0.05, 0.1) is 19.2 Å². The molecule has 0 spiro atoms. The molecule has 1 aromatic rings. The number of nitrogens with zero attached hydrogens (tertiary/aromatic N) is 3. The van der Waals surface area contributed by atoms with E-state index in [0.717, 1.165) is 5.56 Å². The maximum atomic E-state index is 9.29. The summed E-state index contributed by atoms with van der Waals surface area (Å²) in [5.41, 5.74) is 0.593. The second kappa shape index (κ2) is 6.10. The predicted molar refractivity (Wildman–Crippen MR) is 85.2 cm³/mol. The molecule has 1 N–H and O–H groups in total. The van der Waals surface area contributed by atoms with E-state index in [0.29, 0.717) is 5.57 Å². The molecule has 23 heavy (non-hydrogen) atoms. The number of nitriles is 1. The van der Waals surface area contributed by atoms with E-state index in [1.807, 2.05) is 0 Å². The van der Waals surface area contributed by atoms with E-state index in [2.05, 4.69) is 9.69 Å². The minimum absolute atomic E-state index is 0.0351. The second-order valence-corrected chi connectivity index (χ2v) is 5.31. The van der Waals surface area contributed by atoms with Crippen molar-refractivity contribution in [3.63, 3.8) is 0 Å². The smallest absolute Gasteiger partial charge is 0.292 e. The van der Waals surface area contributed by atoms with Crippen molar-refractivity contribution in [2.75, 3.05) is 0 Å². The highest BCUT2D eigenvalue weighted by atomic mass is 16.5. The molecule has 0 fully saturated rings. The van der Waals surface area contributed by atoms with Gasteiger partial charge < -0.3 is 9.84 Å². The summed E-state index contributed by atoms with van der Waals surface area (Å²) in [5.74, 6) is 0.210. The van der Waals surface area contributed by atoms with Crippen molar-refractivity contribution in [1.29, 1.82) is 5.26 Å². The molecule has 112 valence electrons. The Balaban J connectivity index is 2.53. The number of aromatic hydroxyl groups is 1. The zero-order valence-corrected chi connectivity index (χ0v) is 12.7. The largest absolute Gasteiger partial charge is 0.508 e. The minimum atomic E-state index is -0.810. The summed E-state index contributed by atoms with van der Waals surface area (Å²) in [6.45, 7) is 18.0. The van der Waals surface area contributed by atoms with Crippen LogP contribution in [0.4, 0.5) is 0 Å². The average molecular weight is 303 g/mol. The standard InChI is InChI=1S/C18H13N3O2/c1-18(2)14(10-7-12-5-8-13(22)9-6-12)16(21-4)17(23-18)15(11-19)20-3/h5-10,22H,1-2H3/b10-7+,17-15+. The van der Waals surface area contributed by atoms with Crippen LogP contribution in [0.5, 0.6) is 5.75 Å². The van der Waals surface area contributed by atoms with Gasteiger partial charge in [-0.25, -0.2) is 15.0 Å². The summed E-state index contributed by atoms with van der Waals surface area (Å²) in [6.07, 6.45) is 3.53. The number of allylic oxidation sites excluding steroid dienone is 1. The van der Waals surface area contributed by atoms with E-state index in [9.17, 15) is 5.11 Å². The molecule has 0 saturated carbocycles. The molecule has 0 bridgehead atoms. The van der Waals surface area contributed by atoms with Crippen molar-refractivity contribution in [2.45, 2.75) is 19.4 Å². The Kier molecular flexibility index (Phi) is 4.21. The van der Waals surface area contributed by atoms with Gasteiger partial charge >= 0.3 is 0 Å². The highest BCUT2D eigenvalue weighted by Crippen LogP contribution is 2.41. The van der Waals surface area contributed by atoms with Crippen LogP contribution < -0.4 is 0 Å². The first-order valence-corrected chi connectivity index (χ1v) is 6.73. The van der Waals surface area contributed by atoms with Crippen molar-refractivity contribution in [1.82, 2.24) is 0 Å². The molecule has 0 unspecified atom stereocenters. The SMILES string of the molecule is [C-]#[N+]C1=C(/C=C/c2ccc(O)cc2)C(C)(C)O/C1=C(\C#N)[N+]#[C-]. The van der Waals surface area contributed by atoms with Crippen LogP contribution in [0.25, 0.3) is 15.8 Å². The monoisotopic (exact) mass is 303 g/mol. The molecule has 2 rings (SSSR count). The van der Waals surface area contributed by atoms with E-state index in [-0.39, 0.29) is 22.9 Å².